The minimum Gasteiger partial charge on any atom is -0.481 e. The van der Waals surface area contributed by atoms with Crippen molar-refractivity contribution >= 4 is 39.8 Å². The molecule has 3 amide bonds. The van der Waals surface area contributed by atoms with E-state index in [2.05, 4.69) is 15.9 Å². The Kier molecular flexibility index (Phi) is 14.1. The number of hydrogen-bond acceptors (Lipinski definition) is 4. The lowest BCUT2D eigenvalue weighted by Gasteiger charge is -2.21. The molecule has 5 N–H and O–H groups in total. The van der Waals surface area contributed by atoms with Gasteiger partial charge in [0.2, 0.25) is 5.91 Å². The molecule has 0 heterocycles. The fourth-order valence-electron chi connectivity index (χ4n) is 1.70. The van der Waals surface area contributed by atoms with Crippen molar-refractivity contribution in [2.24, 2.45) is 5.73 Å². The number of rotatable bonds is 10. The van der Waals surface area contributed by atoms with Gasteiger partial charge in [0.1, 0.15) is 4.32 Å². The number of hydrogen-bond donors (Lipinski definition) is 4. The highest BCUT2D eigenvalue weighted by molar-refractivity contribution is 9.10. The molecule has 0 fully saturated rings. The first-order valence-electron chi connectivity index (χ1n) is 7.82. The zero-order valence-corrected chi connectivity index (χ0v) is 15.7. The quantitative estimate of drug-likeness (QED) is 0.321. The van der Waals surface area contributed by atoms with Crippen molar-refractivity contribution in [3.05, 3.63) is 0 Å². The van der Waals surface area contributed by atoms with Gasteiger partial charge in [-0.1, -0.05) is 42.6 Å². The molecule has 0 atom stereocenters. The van der Waals surface area contributed by atoms with Crippen LogP contribution in [0.5, 0.6) is 0 Å². The SMILES string of the molecule is CCC(Br)(CC)C(=O)NC(N)=O.O=C(O)CCCCCCC(=O)O. The fraction of sp³-hybridized carbons (Fsp3) is 0.733. The van der Waals surface area contributed by atoms with Crippen LogP contribution in [0, 0.1) is 0 Å². The second-order valence-corrected chi connectivity index (χ2v) is 6.71. The summed E-state index contributed by atoms with van der Waals surface area (Å²) in [7, 11) is 0. The van der Waals surface area contributed by atoms with Crippen molar-refractivity contribution in [1.29, 1.82) is 0 Å². The lowest BCUT2D eigenvalue weighted by molar-refractivity contribution is -0.138. The molecule has 140 valence electrons. The molecule has 24 heavy (non-hydrogen) atoms. The Labute approximate surface area is 150 Å². The molecule has 0 aliphatic heterocycles. The number of carboxylic acid groups (broad SMARTS) is 2. The second kappa shape index (κ2) is 13.8. The molecule has 0 bridgehead atoms. The van der Waals surface area contributed by atoms with Gasteiger partial charge in [-0.15, -0.1) is 0 Å². The molecule has 0 saturated heterocycles. The number of urea groups is 1. The topological polar surface area (TPSA) is 147 Å². The standard InChI is InChI=1S/C8H14O4.C7H13BrN2O2/c9-7(10)5-3-1-2-4-6-8(11)12;1-3-7(8,4-2)5(11)10-6(9)12/h1-6H2,(H,9,10)(H,11,12);3-4H2,1-2H3,(H3,9,10,11,12). The minimum absolute atomic E-state index is 0.188. The monoisotopic (exact) mass is 410 g/mol. The molecular weight excluding hydrogens is 384 g/mol. The number of amides is 3. The molecule has 0 saturated carbocycles. The number of primary amides is 1. The van der Waals surface area contributed by atoms with E-state index >= 15 is 0 Å². The van der Waals surface area contributed by atoms with Gasteiger partial charge in [-0.2, -0.15) is 0 Å². The molecule has 0 aromatic heterocycles. The van der Waals surface area contributed by atoms with Crippen molar-refractivity contribution in [2.75, 3.05) is 0 Å². The maximum atomic E-state index is 11.3. The summed E-state index contributed by atoms with van der Waals surface area (Å²) >= 11 is 3.26. The number of nitrogens with one attached hydrogen (secondary N) is 1. The molecule has 0 aromatic rings. The van der Waals surface area contributed by atoms with Gasteiger partial charge in [-0.05, 0) is 25.7 Å². The smallest absolute Gasteiger partial charge is 0.318 e. The maximum Gasteiger partial charge on any atom is 0.318 e. The van der Waals surface area contributed by atoms with Crippen LogP contribution in [0.2, 0.25) is 0 Å². The average molecular weight is 411 g/mol. The van der Waals surface area contributed by atoms with Gasteiger partial charge in [-0.3, -0.25) is 19.7 Å². The summed E-state index contributed by atoms with van der Waals surface area (Å²) in [6.45, 7) is 3.72. The number of nitrogens with two attached hydrogens (primary N) is 1. The third-order valence-corrected chi connectivity index (χ3v) is 4.78. The Balaban J connectivity index is 0. The van der Waals surface area contributed by atoms with Crippen molar-refractivity contribution in [1.82, 2.24) is 5.32 Å². The predicted molar refractivity (Wildman–Crippen MR) is 92.9 cm³/mol. The number of imide groups is 1. The van der Waals surface area contributed by atoms with Crippen LogP contribution >= 0.6 is 15.9 Å². The molecule has 0 aliphatic carbocycles. The summed E-state index contributed by atoms with van der Waals surface area (Å²) in [6, 6.07) is -0.814. The van der Waals surface area contributed by atoms with E-state index < -0.39 is 22.3 Å². The van der Waals surface area contributed by atoms with Crippen molar-refractivity contribution in [3.8, 4) is 0 Å². The number of alkyl halides is 1. The summed E-state index contributed by atoms with van der Waals surface area (Å²) in [5, 5.41) is 18.6. The zero-order chi connectivity index (χ0) is 19.2. The second-order valence-electron chi connectivity index (χ2n) is 5.19. The first kappa shape index (κ1) is 24.6. The van der Waals surface area contributed by atoms with E-state index in [4.69, 9.17) is 15.9 Å². The molecule has 0 unspecified atom stereocenters. The van der Waals surface area contributed by atoms with Gasteiger partial charge >= 0.3 is 18.0 Å². The van der Waals surface area contributed by atoms with Gasteiger partial charge in [-0.25, -0.2) is 4.79 Å². The summed E-state index contributed by atoms with van der Waals surface area (Å²) in [6.07, 6.45) is 4.51. The number of aliphatic carboxylic acids is 2. The predicted octanol–water partition coefficient (Wildman–Crippen LogP) is 2.63. The lowest BCUT2D eigenvalue weighted by Crippen LogP contribution is -2.46. The number of carbonyl (C=O) groups excluding carboxylic acids is 2. The number of carboxylic acids is 2. The normalized spacial score (nSPS) is 10.3. The summed E-state index contributed by atoms with van der Waals surface area (Å²) in [5.41, 5.74) is 4.81. The third-order valence-electron chi connectivity index (χ3n) is 3.30. The van der Waals surface area contributed by atoms with E-state index in [-0.39, 0.29) is 18.7 Å². The van der Waals surface area contributed by atoms with Crippen LogP contribution in [0.4, 0.5) is 4.79 Å². The highest BCUT2D eigenvalue weighted by Gasteiger charge is 2.32. The summed E-state index contributed by atoms with van der Waals surface area (Å²) in [5.74, 6) is -1.94. The molecule has 0 aromatic carbocycles. The van der Waals surface area contributed by atoms with Crippen LogP contribution in [0.3, 0.4) is 0 Å². The van der Waals surface area contributed by atoms with E-state index in [0.29, 0.717) is 25.7 Å². The molecule has 0 aliphatic rings. The Morgan fingerprint density at radius 2 is 1.29 bits per heavy atom. The van der Waals surface area contributed by atoms with Crippen LogP contribution in [0.25, 0.3) is 0 Å². The third kappa shape index (κ3) is 14.0. The first-order chi connectivity index (χ1) is 11.1. The van der Waals surface area contributed by atoms with Crippen LogP contribution in [-0.2, 0) is 14.4 Å². The zero-order valence-electron chi connectivity index (χ0n) is 14.1. The van der Waals surface area contributed by atoms with Gasteiger partial charge in [0.15, 0.2) is 0 Å². The molecular formula is C15H27BrN2O6. The fourth-order valence-corrected chi connectivity index (χ4v) is 1.80. The van der Waals surface area contributed by atoms with Gasteiger partial charge in [0.05, 0.1) is 0 Å². The van der Waals surface area contributed by atoms with Gasteiger partial charge < -0.3 is 15.9 Å². The van der Waals surface area contributed by atoms with Gasteiger partial charge in [0.25, 0.3) is 0 Å². The Hall–Kier alpha value is -1.64. The molecule has 9 heteroatoms. The van der Waals surface area contributed by atoms with Crippen LogP contribution in [0.1, 0.15) is 65.2 Å². The average Bonchev–Trinajstić information content (AvgIpc) is 2.49. The van der Waals surface area contributed by atoms with E-state index in [9.17, 15) is 19.2 Å². The maximum absolute atomic E-state index is 11.3. The lowest BCUT2D eigenvalue weighted by atomic mass is 10.0. The number of halogens is 1. The largest absolute Gasteiger partial charge is 0.481 e. The van der Waals surface area contributed by atoms with Crippen LogP contribution in [-0.4, -0.2) is 38.4 Å². The Morgan fingerprint density at radius 3 is 1.54 bits per heavy atom. The van der Waals surface area contributed by atoms with Crippen LogP contribution < -0.4 is 11.1 Å². The van der Waals surface area contributed by atoms with Gasteiger partial charge in [0, 0.05) is 12.8 Å². The van der Waals surface area contributed by atoms with Crippen LogP contribution in [0.15, 0.2) is 0 Å². The molecule has 8 nitrogen and oxygen atoms in total. The minimum atomic E-state index is -0.814. The number of carbonyl (C=O) groups is 4. The van der Waals surface area contributed by atoms with E-state index in [0.717, 1.165) is 12.8 Å². The van der Waals surface area contributed by atoms with E-state index in [1.807, 2.05) is 19.2 Å². The van der Waals surface area contributed by atoms with Crippen molar-refractivity contribution in [2.45, 2.75) is 69.5 Å². The van der Waals surface area contributed by atoms with Crippen molar-refractivity contribution < 1.29 is 29.4 Å². The highest BCUT2D eigenvalue weighted by atomic mass is 79.9. The Bertz CT molecular complexity index is 406. The van der Waals surface area contributed by atoms with Crippen molar-refractivity contribution in [3.63, 3.8) is 0 Å². The van der Waals surface area contributed by atoms with E-state index in [1.54, 1.807) is 0 Å². The highest BCUT2D eigenvalue weighted by Crippen LogP contribution is 2.26. The molecule has 0 rings (SSSR count). The molecule has 0 radical (unpaired) electrons. The first-order valence-corrected chi connectivity index (χ1v) is 8.61. The van der Waals surface area contributed by atoms with E-state index in [1.165, 1.54) is 0 Å². The number of unbranched alkanes of at least 4 members (excludes halogenated alkanes) is 3. The summed E-state index contributed by atoms with van der Waals surface area (Å²) in [4.78, 5) is 41.7. The Morgan fingerprint density at radius 1 is 0.917 bits per heavy atom. The molecule has 0 spiro atoms. The summed E-state index contributed by atoms with van der Waals surface area (Å²) < 4.78 is -0.665.